The van der Waals surface area contributed by atoms with Crippen LogP contribution in [0.1, 0.15) is 77.6 Å². The quantitative estimate of drug-likeness (QED) is 0.771. The summed E-state index contributed by atoms with van der Waals surface area (Å²) in [6.45, 7) is 4.08. The molecule has 2 saturated heterocycles. The number of rotatable bonds is 2. The van der Waals surface area contributed by atoms with E-state index in [2.05, 4.69) is 17.1 Å². The Morgan fingerprint density at radius 1 is 1.14 bits per heavy atom. The van der Waals surface area contributed by atoms with Crippen LogP contribution in [0, 0.1) is 0 Å². The number of carbonyl (C=O) groups excluding carboxylic acids is 1. The van der Waals surface area contributed by atoms with Gasteiger partial charge in [-0.05, 0) is 52.0 Å². The summed E-state index contributed by atoms with van der Waals surface area (Å²) in [6, 6.07) is 0.389. The van der Waals surface area contributed by atoms with E-state index in [0.29, 0.717) is 12.5 Å². The van der Waals surface area contributed by atoms with Crippen LogP contribution in [0.2, 0.25) is 0 Å². The lowest BCUT2D eigenvalue weighted by Crippen LogP contribution is -2.64. The fraction of sp³-hybridized carbons (Fsp3) is 0.944. The number of nitrogens with zero attached hydrogens (tertiary/aromatic N) is 1. The Balaban J connectivity index is 1.73. The topological polar surface area (TPSA) is 52.6 Å². The second-order valence-corrected chi connectivity index (χ2v) is 8.09. The van der Waals surface area contributed by atoms with E-state index in [9.17, 15) is 9.90 Å². The van der Waals surface area contributed by atoms with Gasteiger partial charge in [0.25, 0.3) is 0 Å². The number of fused-ring (bicyclic) bond motifs is 1. The van der Waals surface area contributed by atoms with Crippen LogP contribution in [0.15, 0.2) is 0 Å². The Hall–Kier alpha value is -0.610. The van der Waals surface area contributed by atoms with Gasteiger partial charge in [0.15, 0.2) is 0 Å². The van der Waals surface area contributed by atoms with Crippen LogP contribution in [0.3, 0.4) is 0 Å². The second kappa shape index (κ2) is 6.48. The molecule has 126 valence electrons. The van der Waals surface area contributed by atoms with E-state index in [4.69, 9.17) is 0 Å². The zero-order valence-electron chi connectivity index (χ0n) is 14.1. The van der Waals surface area contributed by atoms with E-state index in [1.54, 1.807) is 0 Å². The molecule has 1 amide bonds. The van der Waals surface area contributed by atoms with Crippen molar-refractivity contribution in [3.63, 3.8) is 0 Å². The highest BCUT2D eigenvalue weighted by atomic mass is 16.3. The third-order valence-corrected chi connectivity index (χ3v) is 6.16. The van der Waals surface area contributed by atoms with Crippen LogP contribution in [0.25, 0.3) is 0 Å². The summed E-state index contributed by atoms with van der Waals surface area (Å²) in [5.74, 6) is 0.208. The normalized spacial score (nSPS) is 36.8. The summed E-state index contributed by atoms with van der Waals surface area (Å²) in [4.78, 5) is 14.5. The molecule has 3 fully saturated rings. The molecular formula is C18H32N2O2. The molecule has 1 saturated carbocycles. The molecule has 4 heteroatoms. The molecule has 3 rings (SSSR count). The summed E-state index contributed by atoms with van der Waals surface area (Å²) in [7, 11) is 0. The van der Waals surface area contributed by atoms with Crippen LogP contribution >= 0.6 is 0 Å². The minimum atomic E-state index is -0.509. The molecule has 0 radical (unpaired) electrons. The van der Waals surface area contributed by atoms with Crippen LogP contribution in [0.4, 0.5) is 0 Å². The number of likely N-dealkylation sites (tertiary alicyclic amines) is 1. The first-order chi connectivity index (χ1) is 10.5. The SMILES string of the molecule is C[C@]12CCCN(CC3(O)CCCCCC3)[C@H]1CCCC(=O)N2. The fourth-order valence-corrected chi connectivity index (χ4v) is 4.97. The van der Waals surface area contributed by atoms with Gasteiger partial charge in [0.05, 0.1) is 11.1 Å². The summed E-state index contributed by atoms with van der Waals surface area (Å²) in [6.07, 6.45) is 11.6. The highest BCUT2D eigenvalue weighted by Gasteiger charge is 2.45. The lowest BCUT2D eigenvalue weighted by Gasteiger charge is -2.50. The second-order valence-electron chi connectivity index (χ2n) is 8.09. The lowest BCUT2D eigenvalue weighted by molar-refractivity contribution is -0.123. The molecular weight excluding hydrogens is 276 g/mol. The molecule has 2 atom stereocenters. The number of carbonyl (C=O) groups is 1. The Labute approximate surface area is 134 Å². The first-order valence-electron chi connectivity index (χ1n) is 9.28. The lowest BCUT2D eigenvalue weighted by atomic mass is 9.80. The summed E-state index contributed by atoms with van der Waals surface area (Å²) < 4.78 is 0. The van der Waals surface area contributed by atoms with Gasteiger partial charge >= 0.3 is 0 Å². The first kappa shape index (κ1) is 16.3. The summed E-state index contributed by atoms with van der Waals surface area (Å²) in [5.41, 5.74) is -0.613. The standard InChI is InChI=1S/C18H32N2O2/c1-17-10-7-13-20(15(17)8-6-9-16(21)19-17)14-18(22)11-4-2-3-5-12-18/h15,22H,2-14H2,1H3,(H,19,21)/t15-,17-/m0/s1. The van der Waals surface area contributed by atoms with E-state index in [0.717, 1.165) is 64.5 Å². The number of hydrogen-bond donors (Lipinski definition) is 2. The molecule has 3 aliphatic rings. The van der Waals surface area contributed by atoms with Crippen molar-refractivity contribution in [1.82, 2.24) is 10.2 Å². The number of piperidine rings is 1. The third-order valence-electron chi connectivity index (χ3n) is 6.16. The monoisotopic (exact) mass is 308 g/mol. The highest BCUT2D eigenvalue weighted by molar-refractivity contribution is 5.77. The molecule has 1 aliphatic carbocycles. The van der Waals surface area contributed by atoms with Gasteiger partial charge in [-0.25, -0.2) is 0 Å². The molecule has 0 aromatic carbocycles. The molecule has 0 spiro atoms. The number of amides is 1. The van der Waals surface area contributed by atoms with Gasteiger partial charge in [0, 0.05) is 19.0 Å². The van der Waals surface area contributed by atoms with E-state index in [1.165, 1.54) is 12.8 Å². The molecule has 4 nitrogen and oxygen atoms in total. The van der Waals surface area contributed by atoms with Crippen LogP contribution in [-0.2, 0) is 4.79 Å². The van der Waals surface area contributed by atoms with Gasteiger partial charge in [-0.3, -0.25) is 9.69 Å². The van der Waals surface area contributed by atoms with Crippen molar-refractivity contribution in [1.29, 1.82) is 0 Å². The minimum absolute atomic E-state index is 0.104. The van der Waals surface area contributed by atoms with Crippen LogP contribution in [-0.4, -0.2) is 46.2 Å². The predicted octanol–water partition coefficient (Wildman–Crippen LogP) is 2.59. The van der Waals surface area contributed by atoms with E-state index in [-0.39, 0.29) is 11.4 Å². The average molecular weight is 308 g/mol. The first-order valence-corrected chi connectivity index (χ1v) is 9.28. The van der Waals surface area contributed by atoms with Crippen molar-refractivity contribution in [3.05, 3.63) is 0 Å². The van der Waals surface area contributed by atoms with E-state index >= 15 is 0 Å². The molecule has 2 aliphatic heterocycles. The molecule has 22 heavy (non-hydrogen) atoms. The van der Waals surface area contributed by atoms with Gasteiger partial charge in [-0.15, -0.1) is 0 Å². The van der Waals surface area contributed by atoms with E-state index in [1.807, 2.05) is 0 Å². The number of hydrogen-bond acceptors (Lipinski definition) is 3. The van der Waals surface area contributed by atoms with E-state index < -0.39 is 5.60 Å². The van der Waals surface area contributed by atoms with Crippen molar-refractivity contribution in [3.8, 4) is 0 Å². The molecule has 0 unspecified atom stereocenters. The van der Waals surface area contributed by atoms with Crippen molar-refractivity contribution >= 4 is 5.91 Å². The Bertz CT molecular complexity index is 404. The molecule has 2 N–H and O–H groups in total. The van der Waals surface area contributed by atoms with Crippen molar-refractivity contribution in [2.75, 3.05) is 13.1 Å². The smallest absolute Gasteiger partial charge is 0.220 e. The zero-order valence-corrected chi connectivity index (χ0v) is 14.1. The Kier molecular flexibility index (Phi) is 4.79. The molecule has 0 aromatic heterocycles. The zero-order chi connectivity index (χ0) is 15.6. The number of nitrogens with one attached hydrogen (secondary N) is 1. The Morgan fingerprint density at radius 2 is 1.86 bits per heavy atom. The predicted molar refractivity (Wildman–Crippen MR) is 87.6 cm³/mol. The number of β-amino-alcohol motifs (C(OH)–C–C–N with tert-alkyl or cyclic N) is 1. The molecule has 2 heterocycles. The maximum Gasteiger partial charge on any atom is 0.220 e. The number of aliphatic hydroxyl groups is 1. The average Bonchev–Trinajstić information content (AvgIpc) is 2.74. The highest BCUT2D eigenvalue weighted by Crippen LogP contribution is 2.36. The largest absolute Gasteiger partial charge is 0.389 e. The van der Waals surface area contributed by atoms with Gasteiger partial charge in [0.2, 0.25) is 5.91 Å². The van der Waals surface area contributed by atoms with Crippen LogP contribution < -0.4 is 5.32 Å². The molecule has 0 bridgehead atoms. The van der Waals surface area contributed by atoms with Gasteiger partial charge in [-0.2, -0.15) is 0 Å². The summed E-state index contributed by atoms with van der Waals surface area (Å²) in [5, 5.41) is 14.4. The van der Waals surface area contributed by atoms with Crippen molar-refractivity contribution < 1.29 is 9.90 Å². The molecule has 0 aromatic rings. The van der Waals surface area contributed by atoms with Crippen molar-refractivity contribution in [2.45, 2.75) is 94.7 Å². The maximum absolute atomic E-state index is 12.0. The summed E-state index contributed by atoms with van der Waals surface area (Å²) >= 11 is 0. The van der Waals surface area contributed by atoms with Gasteiger partial charge in [-0.1, -0.05) is 25.7 Å². The van der Waals surface area contributed by atoms with Gasteiger partial charge in [0.1, 0.15) is 0 Å². The minimum Gasteiger partial charge on any atom is -0.389 e. The van der Waals surface area contributed by atoms with Crippen molar-refractivity contribution in [2.24, 2.45) is 0 Å². The third kappa shape index (κ3) is 3.48. The fourth-order valence-electron chi connectivity index (χ4n) is 4.97. The van der Waals surface area contributed by atoms with Crippen LogP contribution in [0.5, 0.6) is 0 Å². The van der Waals surface area contributed by atoms with Gasteiger partial charge < -0.3 is 10.4 Å². The maximum atomic E-state index is 12.0. The Morgan fingerprint density at radius 3 is 2.59 bits per heavy atom.